The molecule has 2 aromatic rings. The summed E-state index contributed by atoms with van der Waals surface area (Å²) in [6, 6.07) is 13.7. The topological polar surface area (TPSA) is 53.3 Å². The fraction of sp³-hybridized carbons (Fsp3) is 0.333. The predicted molar refractivity (Wildman–Crippen MR) is 97.7 cm³/mol. The third kappa shape index (κ3) is 4.11. The second-order valence-corrected chi connectivity index (χ2v) is 6.74. The second-order valence-electron chi connectivity index (χ2n) is 6.74. The molecular formula is C21H19F3N2O2. The van der Waals surface area contributed by atoms with E-state index in [-0.39, 0.29) is 11.9 Å². The number of nitriles is 1. The van der Waals surface area contributed by atoms with Crippen LogP contribution in [0.2, 0.25) is 0 Å². The number of carbonyl (C=O) groups is 1. The Morgan fingerprint density at radius 1 is 1.11 bits per heavy atom. The highest BCUT2D eigenvalue weighted by molar-refractivity contribution is 5.80. The van der Waals surface area contributed by atoms with E-state index < -0.39 is 17.8 Å². The number of rotatable bonds is 3. The zero-order chi connectivity index (χ0) is 20.3. The molecule has 1 aliphatic rings. The summed E-state index contributed by atoms with van der Waals surface area (Å²) in [7, 11) is 1.33. The first-order valence-electron chi connectivity index (χ1n) is 8.85. The molecule has 0 bridgehead atoms. The van der Waals surface area contributed by atoms with Crippen molar-refractivity contribution in [3.8, 4) is 6.07 Å². The van der Waals surface area contributed by atoms with Crippen LogP contribution in [0.3, 0.4) is 0 Å². The van der Waals surface area contributed by atoms with Gasteiger partial charge < -0.3 is 9.64 Å². The molecule has 0 radical (unpaired) electrons. The van der Waals surface area contributed by atoms with Crippen molar-refractivity contribution < 1.29 is 22.7 Å². The van der Waals surface area contributed by atoms with E-state index in [1.165, 1.54) is 19.2 Å². The molecule has 0 saturated carbocycles. The SMILES string of the molecule is COC(=O)[C@@H]1CC[C@@H](c2ccc(C(F)(F)F)cc2)CN1c1ccc(C#N)cc1. The average Bonchev–Trinajstić information content (AvgIpc) is 2.72. The third-order valence-corrected chi connectivity index (χ3v) is 5.09. The molecule has 2 atom stereocenters. The van der Waals surface area contributed by atoms with Crippen LogP contribution in [0.25, 0.3) is 0 Å². The van der Waals surface area contributed by atoms with Crippen LogP contribution in [0.15, 0.2) is 48.5 Å². The number of hydrogen-bond donors (Lipinski definition) is 0. The summed E-state index contributed by atoms with van der Waals surface area (Å²) in [6.45, 7) is 0.469. The second kappa shape index (κ2) is 7.93. The molecule has 1 saturated heterocycles. The number of hydrogen-bond acceptors (Lipinski definition) is 4. The summed E-state index contributed by atoms with van der Waals surface area (Å²) in [4.78, 5) is 14.1. The summed E-state index contributed by atoms with van der Waals surface area (Å²) in [5, 5.41) is 8.97. The van der Waals surface area contributed by atoms with Crippen molar-refractivity contribution in [3.05, 3.63) is 65.2 Å². The summed E-state index contributed by atoms with van der Waals surface area (Å²) in [6.07, 6.45) is -3.17. The lowest BCUT2D eigenvalue weighted by atomic mass is 9.86. The molecule has 0 aromatic heterocycles. The third-order valence-electron chi connectivity index (χ3n) is 5.09. The van der Waals surface area contributed by atoms with Gasteiger partial charge in [0.15, 0.2) is 0 Å². The van der Waals surface area contributed by atoms with Gasteiger partial charge in [0.05, 0.1) is 24.3 Å². The van der Waals surface area contributed by atoms with Crippen molar-refractivity contribution in [1.29, 1.82) is 5.26 Å². The summed E-state index contributed by atoms with van der Waals surface area (Å²) >= 11 is 0. The number of carbonyl (C=O) groups excluding carboxylic acids is 1. The zero-order valence-electron chi connectivity index (χ0n) is 15.2. The first-order chi connectivity index (χ1) is 13.3. The number of benzene rings is 2. The van der Waals surface area contributed by atoms with Crippen LogP contribution in [-0.2, 0) is 15.7 Å². The Morgan fingerprint density at radius 3 is 2.29 bits per heavy atom. The Kier molecular flexibility index (Phi) is 5.59. The van der Waals surface area contributed by atoms with Gasteiger partial charge in [-0.15, -0.1) is 0 Å². The van der Waals surface area contributed by atoms with Gasteiger partial charge in [-0.3, -0.25) is 0 Å². The maximum atomic E-state index is 12.8. The Morgan fingerprint density at radius 2 is 1.75 bits per heavy atom. The maximum Gasteiger partial charge on any atom is 0.416 e. The number of ether oxygens (including phenoxy) is 1. The highest BCUT2D eigenvalue weighted by Crippen LogP contribution is 2.36. The highest BCUT2D eigenvalue weighted by atomic mass is 19.4. The Labute approximate surface area is 161 Å². The number of alkyl halides is 3. The van der Waals surface area contributed by atoms with Crippen LogP contribution < -0.4 is 4.90 Å². The number of piperidine rings is 1. The minimum Gasteiger partial charge on any atom is -0.467 e. The van der Waals surface area contributed by atoms with E-state index in [0.717, 1.165) is 23.4 Å². The van der Waals surface area contributed by atoms with Crippen molar-refractivity contribution in [2.75, 3.05) is 18.6 Å². The van der Waals surface area contributed by atoms with Crippen LogP contribution in [0.4, 0.5) is 18.9 Å². The molecule has 1 aliphatic heterocycles. The number of anilines is 1. The summed E-state index contributed by atoms with van der Waals surface area (Å²) in [5.41, 5.74) is 1.40. The van der Waals surface area contributed by atoms with Crippen molar-refractivity contribution in [3.63, 3.8) is 0 Å². The van der Waals surface area contributed by atoms with Gasteiger partial charge in [-0.2, -0.15) is 18.4 Å². The molecule has 0 N–H and O–H groups in total. The first-order valence-corrected chi connectivity index (χ1v) is 8.85. The van der Waals surface area contributed by atoms with E-state index in [1.807, 2.05) is 4.90 Å². The number of halogens is 3. The van der Waals surface area contributed by atoms with E-state index in [1.54, 1.807) is 24.3 Å². The number of nitrogens with zero attached hydrogens (tertiary/aromatic N) is 2. The minimum absolute atomic E-state index is 0.0150. The molecule has 1 fully saturated rings. The van der Waals surface area contributed by atoms with E-state index in [0.29, 0.717) is 24.9 Å². The first kappa shape index (κ1) is 19.7. The molecule has 7 heteroatoms. The average molecular weight is 388 g/mol. The van der Waals surface area contributed by atoms with Crippen LogP contribution >= 0.6 is 0 Å². The summed E-state index contributed by atoms with van der Waals surface area (Å²) < 4.78 is 43.3. The smallest absolute Gasteiger partial charge is 0.416 e. The zero-order valence-corrected chi connectivity index (χ0v) is 15.2. The fourth-order valence-corrected chi connectivity index (χ4v) is 3.58. The fourth-order valence-electron chi connectivity index (χ4n) is 3.58. The van der Waals surface area contributed by atoms with Crippen molar-refractivity contribution in [2.45, 2.75) is 31.0 Å². The normalized spacial score (nSPS) is 19.8. The lowest BCUT2D eigenvalue weighted by molar-refractivity contribution is -0.143. The van der Waals surface area contributed by atoms with Gasteiger partial charge in [0, 0.05) is 18.2 Å². The Balaban J connectivity index is 1.86. The quantitative estimate of drug-likeness (QED) is 0.727. The van der Waals surface area contributed by atoms with Gasteiger partial charge in [-0.05, 0) is 54.8 Å². The van der Waals surface area contributed by atoms with E-state index in [2.05, 4.69) is 6.07 Å². The van der Waals surface area contributed by atoms with Crippen LogP contribution in [0, 0.1) is 11.3 Å². The van der Waals surface area contributed by atoms with Gasteiger partial charge in [0.2, 0.25) is 0 Å². The number of esters is 1. The van der Waals surface area contributed by atoms with Crippen molar-refractivity contribution in [1.82, 2.24) is 0 Å². The minimum atomic E-state index is -4.37. The molecule has 0 spiro atoms. The van der Waals surface area contributed by atoms with Crippen molar-refractivity contribution in [2.24, 2.45) is 0 Å². The molecule has 0 amide bonds. The molecule has 2 aromatic carbocycles. The van der Waals surface area contributed by atoms with Crippen LogP contribution in [-0.4, -0.2) is 25.7 Å². The van der Waals surface area contributed by atoms with E-state index in [4.69, 9.17) is 10.00 Å². The van der Waals surface area contributed by atoms with Crippen LogP contribution in [0.1, 0.15) is 35.4 Å². The van der Waals surface area contributed by atoms with E-state index >= 15 is 0 Å². The summed E-state index contributed by atoms with van der Waals surface area (Å²) in [5.74, 6) is -0.367. The lowest BCUT2D eigenvalue weighted by Gasteiger charge is -2.40. The maximum absolute atomic E-state index is 12.8. The largest absolute Gasteiger partial charge is 0.467 e. The van der Waals surface area contributed by atoms with Gasteiger partial charge in [-0.1, -0.05) is 12.1 Å². The van der Waals surface area contributed by atoms with Crippen molar-refractivity contribution >= 4 is 11.7 Å². The standard InChI is InChI=1S/C21H19F3N2O2/c1-28-20(27)19-11-6-16(15-4-7-17(8-5-15)21(22,23)24)13-26(19)18-9-2-14(12-25)3-10-18/h2-5,7-10,16,19H,6,11,13H2,1H3/t16-,19+/m1/s1. The molecule has 146 valence electrons. The molecular weight excluding hydrogens is 369 g/mol. The van der Waals surface area contributed by atoms with Gasteiger partial charge in [-0.25, -0.2) is 4.79 Å². The van der Waals surface area contributed by atoms with Crippen LogP contribution in [0.5, 0.6) is 0 Å². The predicted octanol–water partition coefficient (Wildman–Crippen LogP) is 4.50. The van der Waals surface area contributed by atoms with Gasteiger partial charge in [0.25, 0.3) is 0 Å². The number of methoxy groups -OCH3 is 1. The molecule has 4 nitrogen and oxygen atoms in total. The van der Waals surface area contributed by atoms with Gasteiger partial charge >= 0.3 is 12.1 Å². The molecule has 0 unspecified atom stereocenters. The lowest BCUT2D eigenvalue weighted by Crippen LogP contribution is -2.47. The monoisotopic (exact) mass is 388 g/mol. The molecule has 1 heterocycles. The Bertz CT molecular complexity index is 871. The molecule has 3 rings (SSSR count). The highest BCUT2D eigenvalue weighted by Gasteiger charge is 2.35. The Hall–Kier alpha value is -3.01. The van der Waals surface area contributed by atoms with E-state index in [9.17, 15) is 18.0 Å². The van der Waals surface area contributed by atoms with Gasteiger partial charge in [0.1, 0.15) is 6.04 Å². The molecule has 28 heavy (non-hydrogen) atoms. The molecule has 0 aliphatic carbocycles.